The Morgan fingerprint density at radius 1 is 1.18 bits per heavy atom. The zero-order valence-corrected chi connectivity index (χ0v) is 13.0. The number of H-pyrrole nitrogens is 1. The lowest BCUT2D eigenvalue weighted by Gasteiger charge is -2.24. The highest BCUT2D eigenvalue weighted by atomic mass is 16.2. The standard InChI is InChI=1S/C18H19N3O/c1-12-4-5-15-11-17(20-16(15)10-12)18(22)21(3)13(2)14-6-8-19-9-7-14/h4-11,13,20H,1-3H3/t13-/m1/s1. The summed E-state index contributed by atoms with van der Waals surface area (Å²) >= 11 is 0. The molecule has 1 atom stereocenters. The van der Waals surface area contributed by atoms with Gasteiger partial charge in [0.1, 0.15) is 5.69 Å². The first kappa shape index (κ1) is 14.3. The van der Waals surface area contributed by atoms with E-state index in [1.165, 1.54) is 5.56 Å². The normalized spacial score (nSPS) is 12.3. The third-order valence-electron chi connectivity index (χ3n) is 4.10. The Hall–Kier alpha value is -2.62. The molecule has 2 aromatic heterocycles. The van der Waals surface area contributed by atoms with E-state index in [1.807, 2.05) is 51.2 Å². The van der Waals surface area contributed by atoms with Gasteiger partial charge in [0.15, 0.2) is 0 Å². The molecule has 3 rings (SSSR count). The molecular formula is C18H19N3O. The van der Waals surface area contributed by atoms with Gasteiger partial charge in [-0.1, -0.05) is 12.1 Å². The van der Waals surface area contributed by atoms with Crippen LogP contribution in [0.3, 0.4) is 0 Å². The monoisotopic (exact) mass is 293 g/mol. The van der Waals surface area contributed by atoms with Gasteiger partial charge in [0.25, 0.3) is 5.91 Å². The number of aromatic nitrogens is 2. The number of hydrogen-bond acceptors (Lipinski definition) is 2. The number of nitrogens with zero attached hydrogens (tertiary/aromatic N) is 2. The molecule has 1 amide bonds. The van der Waals surface area contributed by atoms with Gasteiger partial charge in [-0.25, -0.2) is 0 Å². The van der Waals surface area contributed by atoms with E-state index in [0.717, 1.165) is 16.5 Å². The summed E-state index contributed by atoms with van der Waals surface area (Å²) in [5.41, 5.74) is 3.85. The minimum absolute atomic E-state index is 0.0105. The molecular weight excluding hydrogens is 274 g/mol. The summed E-state index contributed by atoms with van der Waals surface area (Å²) in [5.74, 6) is -0.0156. The molecule has 4 nitrogen and oxygen atoms in total. The largest absolute Gasteiger partial charge is 0.351 e. The number of aromatic amines is 1. The topological polar surface area (TPSA) is 49.0 Å². The fourth-order valence-electron chi connectivity index (χ4n) is 2.59. The van der Waals surface area contributed by atoms with Gasteiger partial charge in [-0.2, -0.15) is 0 Å². The van der Waals surface area contributed by atoms with E-state index in [-0.39, 0.29) is 11.9 Å². The van der Waals surface area contributed by atoms with E-state index in [1.54, 1.807) is 17.3 Å². The number of pyridine rings is 1. The molecule has 0 radical (unpaired) electrons. The van der Waals surface area contributed by atoms with Crippen LogP contribution in [0.15, 0.2) is 48.8 Å². The van der Waals surface area contributed by atoms with Crippen LogP contribution in [0.2, 0.25) is 0 Å². The van der Waals surface area contributed by atoms with E-state index >= 15 is 0 Å². The van der Waals surface area contributed by atoms with Crippen molar-refractivity contribution in [3.05, 3.63) is 65.6 Å². The van der Waals surface area contributed by atoms with Gasteiger partial charge in [0, 0.05) is 30.3 Å². The van der Waals surface area contributed by atoms with Crippen LogP contribution in [0.25, 0.3) is 10.9 Å². The maximum Gasteiger partial charge on any atom is 0.270 e. The van der Waals surface area contributed by atoms with Crippen LogP contribution in [0.1, 0.15) is 34.6 Å². The van der Waals surface area contributed by atoms with Crippen LogP contribution in [0.5, 0.6) is 0 Å². The molecule has 0 aliphatic carbocycles. The van der Waals surface area contributed by atoms with Crippen molar-refractivity contribution in [1.82, 2.24) is 14.9 Å². The van der Waals surface area contributed by atoms with Gasteiger partial charge in [0.2, 0.25) is 0 Å². The highest BCUT2D eigenvalue weighted by Gasteiger charge is 2.20. The first-order valence-electron chi connectivity index (χ1n) is 7.32. The average molecular weight is 293 g/mol. The molecule has 112 valence electrons. The number of benzene rings is 1. The molecule has 0 saturated heterocycles. The second kappa shape index (κ2) is 5.64. The molecule has 0 unspecified atom stereocenters. The van der Waals surface area contributed by atoms with Crippen molar-refractivity contribution in [2.75, 3.05) is 7.05 Å². The Balaban J connectivity index is 1.88. The van der Waals surface area contributed by atoms with Crippen LogP contribution >= 0.6 is 0 Å². The lowest BCUT2D eigenvalue weighted by Crippen LogP contribution is -2.29. The van der Waals surface area contributed by atoms with Gasteiger partial charge in [0.05, 0.1) is 6.04 Å². The van der Waals surface area contributed by atoms with Gasteiger partial charge in [-0.05, 0) is 49.2 Å². The third kappa shape index (κ3) is 2.60. The number of hydrogen-bond donors (Lipinski definition) is 1. The molecule has 22 heavy (non-hydrogen) atoms. The second-order valence-corrected chi connectivity index (χ2v) is 5.65. The smallest absolute Gasteiger partial charge is 0.270 e. The molecule has 0 aliphatic heterocycles. The van der Waals surface area contributed by atoms with Gasteiger partial charge >= 0.3 is 0 Å². The Morgan fingerprint density at radius 3 is 2.64 bits per heavy atom. The molecule has 1 aromatic carbocycles. The van der Waals surface area contributed by atoms with E-state index in [0.29, 0.717) is 5.69 Å². The second-order valence-electron chi connectivity index (χ2n) is 5.65. The number of carbonyl (C=O) groups excluding carboxylic acids is 1. The Kier molecular flexibility index (Phi) is 3.67. The van der Waals surface area contributed by atoms with Gasteiger partial charge in [-0.3, -0.25) is 9.78 Å². The summed E-state index contributed by atoms with van der Waals surface area (Å²) in [6.45, 7) is 4.06. The van der Waals surface area contributed by atoms with Crippen LogP contribution in [0, 0.1) is 6.92 Å². The summed E-state index contributed by atoms with van der Waals surface area (Å²) in [6.07, 6.45) is 3.49. The lowest BCUT2D eigenvalue weighted by atomic mass is 10.1. The minimum atomic E-state index is -0.0156. The molecule has 0 fully saturated rings. The van der Waals surface area contributed by atoms with Crippen molar-refractivity contribution >= 4 is 16.8 Å². The molecule has 0 spiro atoms. The van der Waals surface area contributed by atoms with Crippen LogP contribution in [0.4, 0.5) is 0 Å². The SMILES string of the molecule is Cc1ccc2cc(C(=O)N(C)[C@H](C)c3ccncc3)[nH]c2c1. The van der Waals surface area contributed by atoms with Gasteiger partial charge < -0.3 is 9.88 Å². The molecule has 3 aromatic rings. The van der Waals surface area contributed by atoms with Crippen molar-refractivity contribution in [3.8, 4) is 0 Å². The molecule has 0 aliphatic rings. The van der Waals surface area contributed by atoms with Gasteiger partial charge in [-0.15, -0.1) is 0 Å². The average Bonchev–Trinajstić information content (AvgIpc) is 2.96. The number of carbonyl (C=O) groups is 1. The molecule has 0 bridgehead atoms. The van der Waals surface area contributed by atoms with Crippen molar-refractivity contribution in [3.63, 3.8) is 0 Å². The van der Waals surface area contributed by atoms with E-state index in [4.69, 9.17) is 0 Å². The van der Waals surface area contributed by atoms with E-state index in [9.17, 15) is 4.79 Å². The van der Waals surface area contributed by atoms with Crippen LogP contribution in [-0.4, -0.2) is 27.8 Å². The number of rotatable bonds is 3. The number of aryl methyl sites for hydroxylation is 1. The van der Waals surface area contributed by atoms with Crippen molar-refractivity contribution in [2.45, 2.75) is 19.9 Å². The van der Waals surface area contributed by atoms with Crippen molar-refractivity contribution in [1.29, 1.82) is 0 Å². The van der Waals surface area contributed by atoms with Crippen LogP contribution < -0.4 is 0 Å². The fraction of sp³-hybridized carbons (Fsp3) is 0.222. The minimum Gasteiger partial charge on any atom is -0.351 e. The molecule has 0 saturated carbocycles. The first-order chi connectivity index (χ1) is 10.6. The number of amides is 1. The summed E-state index contributed by atoms with van der Waals surface area (Å²) in [6, 6.07) is 11.9. The number of fused-ring (bicyclic) bond motifs is 1. The highest BCUT2D eigenvalue weighted by molar-refractivity contribution is 5.98. The zero-order chi connectivity index (χ0) is 15.7. The van der Waals surface area contributed by atoms with Crippen molar-refractivity contribution in [2.24, 2.45) is 0 Å². The van der Waals surface area contributed by atoms with E-state index < -0.39 is 0 Å². The first-order valence-corrected chi connectivity index (χ1v) is 7.32. The molecule has 4 heteroatoms. The predicted molar refractivity (Wildman–Crippen MR) is 87.8 cm³/mol. The maximum absolute atomic E-state index is 12.7. The summed E-state index contributed by atoms with van der Waals surface area (Å²) in [7, 11) is 1.82. The maximum atomic E-state index is 12.7. The summed E-state index contributed by atoms with van der Waals surface area (Å²) in [4.78, 5) is 21.7. The zero-order valence-electron chi connectivity index (χ0n) is 13.0. The predicted octanol–water partition coefficient (Wildman–Crippen LogP) is 3.70. The summed E-state index contributed by atoms with van der Waals surface area (Å²) < 4.78 is 0. The third-order valence-corrected chi connectivity index (χ3v) is 4.10. The highest BCUT2D eigenvalue weighted by Crippen LogP contribution is 2.22. The van der Waals surface area contributed by atoms with E-state index in [2.05, 4.69) is 16.0 Å². The number of nitrogens with one attached hydrogen (secondary N) is 1. The Morgan fingerprint density at radius 2 is 1.91 bits per heavy atom. The quantitative estimate of drug-likeness (QED) is 0.800. The van der Waals surface area contributed by atoms with Crippen LogP contribution in [-0.2, 0) is 0 Å². The lowest BCUT2D eigenvalue weighted by molar-refractivity contribution is 0.0737. The Labute approximate surface area is 129 Å². The molecule has 1 N–H and O–H groups in total. The molecule has 2 heterocycles. The van der Waals surface area contributed by atoms with Crippen molar-refractivity contribution < 1.29 is 4.79 Å². The summed E-state index contributed by atoms with van der Waals surface area (Å²) in [5, 5.41) is 1.05. The fourth-order valence-corrected chi connectivity index (χ4v) is 2.59. The Bertz CT molecular complexity index is 808.